The lowest BCUT2D eigenvalue weighted by molar-refractivity contribution is -0.137. The molecule has 0 bridgehead atoms. The molecule has 5 nitrogen and oxygen atoms in total. The summed E-state index contributed by atoms with van der Waals surface area (Å²) in [6, 6.07) is 9.05. The van der Waals surface area contributed by atoms with Crippen molar-refractivity contribution >= 4 is 22.8 Å². The predicted octanol–water partition coefficient (Wildman–Crippen LogP) is 2.17. The summed E-state index contributed by atoms with van der Waals surface area (Å²) in [6.07, 6.45) is 3.73. The van der Waals surface area contributed by atoms with E-state index >= 15 is 0 Å². The second-order valence-corrected chi connectivity index (χ2v) is 5.40. The number of aromatic nitrogens is 1. The zero-order valence-electron chi connectivity index (χ0n) is 11.5. The molecule has 0 spiro atoms. The van der Waals surface area contributed by atoms with E-state index in [-0.39, 0.29) is 12.5 Å². The third-order valence-corrected chi connectivity index (χ3v) is 3.67. The van der Waals surface area contributed by atoms with Gasteiger partial charge in [0.05, 0.1) is 11.1 Å². The molecule has 1 saturated carbocycles. The van der Waals surface area contributed by atoms with Crippen LogP contribution in [0, 0.1) is 5.92 Å². The number of nitrogens with zero attached hydrogens (tertiary/aromatic N) is 2. The summed E-state index contributed by atoms with van der Waals surface area (Å²) in [7, 11) is 0. The quantitative estimate of drug-likeness (QED) is 0.913. The Hall–Kier alpha value is -2.43. The van der Waals surface area contributed by atoms with Crippen molar-refractivity contribution in [3.63, 3.8) is 0 Å². The predicted molar refractivity (Wildman–Crippen MR) is 78.0 cm³/mol. The molecule has 0 saturated heterocycles. The van der Waals surface area contributed by atoms with Gasteiger partial charge in [0.2, 0.25) is 0 Å². The fourth-order valence-electron chi connectivity index (χ4n) is 2.45. The molecule has 1 aromatic carbocycles. The number of pyridine rings is 1. The Balaban J connectivity index is 1.94. The number of carbonyl (C=O) groups is 2. The number of fused-ring (bicyclic) bond motifs is 1. The molecule has 1 aliphatic rings. The first-order valence-corrected chi connectivity index (χ1v) is 7.00. The second-order valence-electron chi connectivity index (χ2n) is 5.40. The van der Waals surface area contributed by atoms with Crippen molar-refractivity contribution in [1.82, 2.24) is 9.88 Å². The van der Waals surface area contributed by atoms with E-state index in [4.69, 9.17) is 5.11 Å². The molecule has 1 aliphatic carbocycles. The van der Waals surface area contributed by atoms with Crippen LogP contribution in [0.2, 0.25) is 0 Å². The van der Waals surface area contributed by atoms with Crippen molar-refractivity contribution in [2.45, 2.75) is 12.8 Å². The number of para-hydroxylation sites is 1. The summed E-state index contributed by atoms with van der Waals surface area (Å²) in [5, 5.41) is 9.78. The molecular formula is C16H16N2O3. The van der Waals surface area contributed by atoms with Crippen molar-refractivity contribution < 1.29 is 14.7 Å². The number of hydrogen-bond acceptors (Lipinski definition) is 3. The van der Waals surface area contributed by atoms with Crippen LogP contribution in [0.15, 0.2) is 36.5 Å². The highest BCUT2D eigenvalue weighted by atomic mass is 16.4. The van der Waals surface area contributed by atoms with Gasteiger partial charge in [-0.2, -0.15) is 0 Å². The van der Waals surface area contributed by atoms with Crippen LogP contribution < -0.4 is 0 Å². The van der Waals surface area contributed by atoms with Gasteiger partial charge in [-0.05, 0) is 30.9 Å². The van der Waals surface area contributed by atoms with E-state index < -0.39 is 5.97 Å². The lowest BCUT2D eigenvalue weighted by Gasteiger charge is -2.21. The Morgan fingerprint density at radius 2 is 2.00 bits per heavy atom. The van der Waals surface area contributed by atoms with Gasteiger partial charge in [-0.1, -0.05) is 18.2 Å². The lowest BCUT2D eigenvalue weighted by Crippen LogP contribution is -2.37. The maximum atomic E-state index is 12.7. The standard InChI is InChI=1S/C16H16N2O3/c19-15(20)10-18(9-11-5-6-11)16(21)13-7-8-17-14-4-2-1-3-12(13)14/h1-4,7-8,11H,5-6,9-10H2,(H,19,20). The molecule has 1 fully saturated rings. The average Bonchev–Trinajstić information content (AvgIpc) is 3.29. The molecule has 0 atom stereocenters. The van der Waals surface area contributed by atoms with E-state index in [0.717, 1.165) is 23.7 Å². The molecule has 0 radical (unpaired) electrons. The smallest absolute Gasteiger partial charge is 0.323 e. The first-order valence-electron chi connectivity index (χ1n) is 7.00. The topological polar surface area (TPSA) is 70.5 Å². The van der Waals surface area contributed by atoms with Gasteiger partial charge in [0.1, 0.15) is 6.54 Å². The maximum absolute atomic E-state index is 12.7. The molecule has 1 N–H and O–H groups in total. The molecule has 1 aromatic heterocycles. The molecule has 21 heavy (non-hydrogen) atoms. The normalized spacial score (nSPS) is 14.1. The number of benzene rings is 1. The Labute approximate surface area is 122 Å². The van der Waals surface area contributed by atoms with Crippen molar-refractivity contribution in [2.75, 3.05) is 13.1 Å². The first-order chi connectivity index (χ1) is 10.1. The van der Waals surface area contributed by atoms with Crippen LogP contribution in [0.3, 0.4) is 0 Å². The zero-order valence-corrected chi connectivity index (χ0v) is 11.5. The number of carboxylic acids is 1. The molecule has 1 amide bonds. The number of hydrogen-bond donors (Lipinski definition) is 1. The maximum Gasteiger partial charge on any atom is 0.323 e. The van der Waals surface area contributed by atoms with E-state index in [2.05, 4.69) is 4.98 Å². The minimum atomic E-state index is -0.984. The largest absolute Gasteiger partial charge is 0.480 e. The highest BCUT2D eigenvalue weighted by Crippen LogP contribution is 2.30. The number of rotatable bonds is 5. The number of carbonyl (C=O) groups excluding carboxylic acids is 1. The van der Waals surface area contributed by atoms with E-state index in [9.17, 15) is 9.59 Å². The molecule has 0 aliphatic heterocycles. The van der Waals surface area contributed by atoms with Crippen molar-refractivity contribution in [3.8, 4) is 0 Å². The SMILES string of the molecule is O=C(O)CN(CC1CC1)C(=O)c1ccnc2ccccc12. The van der Waals surface area contributed by atoms with Crippen LogP contribution in [0.4, 0.5) is 0 Å². The summed E-state index contributed by atoms with van der Waals surface area (Å²) in [5.74, 6) is -0.772. The van der Waals surface area contributed by atoms with Gasteiger partial charge in [0.25, 0.3) is 5.91 Å². The molecule has 2 aromatic rings. The van der Waals surface area contributed by atoms with Gasteiger partial charge >= 0.3 is 5.97 Å². The Bertz CT molecular complexity index is 689. The molecule has 108 valence electrons. The summed E-state index contributed by atoms with van der Waals surface area (Å²) in [6.45, 7) is 0.258. The van der Waals surface area contributed by atoms with Crippen LogP contribution in [-0.4, -0.2) is 40.0 Å². The Morgan fingerprint density at radius 1 is 1.24 bits per heavy atom. The first kappa shape index (κ1) is 13.5. The summed E-state index contributed by atoms with van der Waals surface area (Å²) < 4.78 is 0. The van der Waals surface area contributed by atoms with Crippen LogP contribution in [0.5, 0.6) is 0 Å². The summed E-state index contributed by atoms with van der Waals surface area (Å²) >= 11 is 0. The highest BCUT2D eigenvalue weighted by Gasteiger charge is 2.29. The van der Waals surface area contributed by atoms with Gasteiger partial charge in [0.15, 0.2) is 0 Å². The lowest BCUT2D eigenvalue weighted by atomic mass is 10.1. The van der Waals surface area contributed by atoms with Crippen LogP contribution in [-0.2, 0) is 4.79 Å². The monoisotopic (exact) mass is 284 g/mol. The minimum absolute atomic E-state index is 0.233. The van der Waals surface area contributed by atoms with Crippen LogP contribution in [0.25, 0.3) is 10.9 Å². The van der Waals surface area contributed by atoms with E-state index in [1.54, 1.807) is 12.3 Å². The van der Waals surface area contributed by atoms with Gasteiger partial charge in [-0.25, -0.2) is 0 Å². The van der Waals surface area contributed by atoms with E-state index in [1.807, 2.05) is 24.3 Å². The van der Waals surface area contributed by atoms with Crippen molar-refractivity contribution in [2.24, 2.45) is 5.92 Å². The van der Waals surface area contributed by atoms with Gasteiger partial charge in [-0.15, -0.1) is 0 Å². The van der Waals surface area contributed by atoms with Gasteiger partial charge in [0, 0.05) is 18.1 Å². The molecule has 5 heteroatoms. The fraction of sp³-hybridized carbons (Fsp3) is 0.312. The van der Waals surface area contributed by atoms with Gasteiger partial charge < -0.3 is 10.0 Å². The number of carboxylic acid groups (broad SMARTS) is 1. The van der Waals surface area contributed by atoms with Crippen LogP contribution in [0.1, 0.15) is 23.2 Å². The third-order valence-electron chi connectivity index (χ3n) is 3.67. The Kier molecular flexibility index (Phi) is 3.56. The molecule has 0 unspecified atom stereocenters. The zero-order chi connectivity index (χ0) is 14.8. The van der Waals surface area contributed by atoms with E-state index in [1.165, 1.54) is 4.90 Å². The minimum Gasteiger partial charge on any atom is -0.480 e. The highest BCUT2D eigenvalue weighted by molar-refractivity contribution is 6.06. The van der Waals surface area contributed by atoms with Gasteiger partial charge in [-0.3, -0.25) is 14.6 Å². The number of aliphatic carboxylic acids is 1. The second kappa shape index (κ2) is 5.52. The number of amides is 1. The van der Waals surface area contributed by atoms with Crippen LogP contribution >= 0.6 is 0 Å². The summed E-state index contributed by atoms with van der Waals surface area (Å²) in [5.41, 5.74) is 1.26. The van der Waals surface area contributed by atoms with Crippen molar-refractivity contribution in [1.29, 1.82) is 0 Å². The third kappa shape index (κ3) is 3.02. The summed E-state index contributed by atoms with van der Waals surface area (Å²) in [4.78, 5) is 29.4. The molecule has 3 rings (SSSR count). The average molecular weight is 284 g/mol. The van der Waals surface area contributed by atoms with E-state index in [0.29, 0.717) is 18.0 Å². The molecule has 1 heterocycles. The molecular weight excluding hydrogens is 268 g/mol. The Morgan fingerprint density at radius 3 is 2.71 bits per heavy atom. The van der Waals surface area contributed by atoms with Crippen molar-refractivity contribution in [3.05, 3.63) is 42.1 Å². The fourth-order valence-corrected chi connectivity index (χ4v) is 2.45.